The number of ether oxygens (including phenoxy) is 1. The summed E-state index contributed by atoms with van der Waals surface area (Å²) in [5.74, 6) is 5.27. The number of hydrogen-bond acceptors (Lipinski definition) is 3. The first-order chi connectivity index (χ1) is 22.1. The molecule has 0 unspecified atom stereocenters. The van der Waals surface area contributed by atoms with Crippen LogP contribution in [-0.4, -0.2) is 9.97 Å². The van der Waals surface area contributed by atoms with Crippen molar-refractivity contribution in [2.75, 3.05) is 0 Å². The molecule has 0 aliphatic heterocycles. The van der Waals surface area contributed by atoms with Crippen molar-refractivity contribution in [1.82, 2.24) is 9.97 Å². The van der Waals surface area contributed by atoms with Crippen LogP contribution in [0.15, 0.2) is 24.5 Å². The summed E-state index contributed by atoms with van der Waals surface area (Å²) in [4.78, 5) is 10.1. The number of rotatable bonds is 20. The van der Waals surface area contributed by atoms with Crippen molar-refractivity contribution in [3.05, 3.63) is 47.0 Å². The maximum Gasteiger partial charge on any atom is 0.146 e. The van der Waals surface area contributed by atoms with Gasteiger partial charge in [-0.25, -0.2) is 0 Å². The molecule has 0 saturated heterocycles. The zero-order chi connectivity index (χ0) is 31.7. The van der Waals surface area contributed by atoms with Gasteiger partial charge in [0.1, 0.15) is 11.5 Å². The second-order valence-corrected chi connectivity index (χ2v) is 15.0. The first-order valence-corrected chi connectivity index (χ1v) is 19.7. The monoisotopic (exact) mass is 617 g/mol. The molecule has 4 rings (SSSR count). The first-order valence-electron chi connectivity index (χ1n) is 19.7. The molecule has 0 aromatic carbocycles. The average molecular weight is 617 g/mol. The molecule has 2 aliphatic carbocycles. The van der Waals surface area contributed by atoms with Gasteiger partial charge in [-0.15, -0.1) is 0 Å². The summed E-state index contributed by atoms with van der Waals surface area (Å²) in [5, 5.41) is 0. The predicted molar refractivity (Wildman–Crippen MR) is 192 cm³/mol. The fourth-order valence-corrected chi connectivity index (χ4v) is 8.41. The van der Waals surface area contributed by atoms with Gasteiger partial charge in [0.2, 0.25) is 0 Å². The van der Waals surface area contributed by atoms with Gasteiger partial charge >= 0.3 is 0 Å². The normalized spacial score (nSPS) is 22.0. The van der Waals surface area contributed by atoms with Gasteiger partial charge in [0.15, 0.2) is 0 Å². The molecular formula is C42H68N2O. The van der Waals surface area contributed by atoms with Gasteiger partial charge in [-0.05, 0) is 111 Å². The van der Waals surface area contributed by atoms with Crippen molar-refractivity contribution in [1.29, 1.82) is 0 Å². The molecule has 2 aromatic heterocycles. The van der Waals surface area contributed by atoms with Crippen molar-refractivity contribution in [3.63, 3.8) is 0 Å². The van der Waals surface area contributed by atoms with Crippen molar-refractivity contribution < 1.29 is 4.74 Å². The molecule has 0 radical (unpaired) electrons. The van der Waals surface area contributed by atoms with Crippen LogP contribution >= 0.6 is 0 Å². The highest BCUT2D eigenvalue weighted by Gasteiger charge is 2.24. The van der Waals surface area contributed by atoms with Crippen molar-refractivity contribution in [2.24, 2.45) is 23.7 Å². The van der Waals surface area contributed by atoms with E-state index in [2.05, 4.69) is 39.8 Å². The van der Waals surface area contributed by atoms with Crippen LogP contribution < -0.4 is 4.74 Å². The van der Waals surface area contributed by atoms with E-state index >= 15 is 0 Å². The predicted octanol–water partition coefficient (Wildman–Crippen LogP) is 12.8. The number of hydrogen-bond donors (Lipinski definition) is 0. The summed E-state index contributed by atoms with van der Waals surface area (Å²) < 4.78 is 6.61. The molecule has 2 aliphatic rings. The van der Waals surface area contributed by atoms with Gasteiger partial charge in [0, 0.05) is 11.4 Å². The second-order valence-electron chi connectivity index (χ2n) is 15.0. The van der Waals surface area contributed by atoms with Crippen molar-refractivity contribution in [3.8, 4) is 11.5 Å². The summed E-state index contributed by atoms with van der Waals surface area (Å²) in [5.41, 5.74) is 5.50. The molecule has 2 heterocycles. The Morgan fingerprint density at radius 2 is 0.911 bits per heavy atom. The lowest BCUT2D eigenvalue weighted by Gasteiger charge is -2.29. The minimum absolute atomic E-state index is 0.789. The second kappa shape index (κ2) is 20.4. The summed E-state index contributed by atoms with van der Waals surface area (Å²) in [6.45, 7) is 9.27. The van der Waals surface area contributed by atoms with E-state index in [-0.39, 0.29) is 0 Å². The maximum atomic E-state index is 6.61. The van der Waals surface area contributed by atoms with Gasteiger partial charge in [-0.1, -0.05) is 118 Å². The number of nitrogens with zero attached hydrogens (tertiary/aromatic N) is 2. The molecule has 3 nitrogen and oxygen atoms in total. The number of aromatic nitrogens is 2. The van der Waals surface area contributed by atoms with Crippen LogP contribution in [0.25, 0.3) is 0 Å². The maximum absolute atomic E-state index is 6.61. The summed E-state index contributed by atoms with van der Waals surface area (Å²) in [6, 6.07) is 4.68. The Balaban J connectivity index is 1.47. The van der Waals surface area contributed by atoms with Gasteiger partial charge in [-0.3, -0.25) is 9.97 Å². The van der Waals surface area contributed by atoms with Gasteiger partial charge in [-0.2, -0.15) is 0 Å². The van der Waals surface area contributed by atoms with E-state index in [0.717, 1.165) is 60.9 Å². The molecule has 0 spiro atoms. The Kier molecular flexibility index (Phi) is 16.3. The minimum Gasteiger partial charge on any atom is -0.454 e. The quantitative estimate of drug-likeness (QED) is 0.139. The average Bonchev–Trinajstić information content (AvgIpc) is 3.05. The first kappa shape index (κ1) is 35.9. The SMILES string of the molecule is CCCCCCc1ncc(Oc2cnc(CCCCCC)c(CC3CCC(CCC)CC3)c2)cc1CC1CCC(CCC)CC1. The summed E-state index contributed by atoms with van der Waals surface area (Å²) in [6.07, 6.45) is 35.4. The molecule has 2 fully saturated rings. The van der Waals surface area contributed by atoms with E-state index in [1.807, 2.05) is 12.4 Å². The Labute approximate surface area is 278 Å². The highest BCUT2D eigenvalue weighted by molar-refractivity contribution is 5.36. The lowest BCUT2D eigenvalue weighted by molar-refractivity contribution is 0.260. The lowest BCUT2D eigenvalue weighted by Crippen LogP contribution is -2.17. The zero-order valence-electron chi connectivity index (χ0n) is 29.9. The molecule has 45 heavy (non-hydrogen) atoms. The molecule has 0 N–H and O–H groups in total. The third kappa shape index (κ3) is 12.3. The Bertz CT molecular complexity index is 995. The summed E-state index contributed by atoms with van der Waals surface area (Å²) >= 11 is 0. The molecule has 3 heteroatoms. The van der Waals surface area contributed by atoms with Crippen LogP contribution in [0.1, 0.15) is 179 Å². The smallest absolute Gasteiger partial charge is 0.146 e. The van der Waals surface area contributed by atoms with E-state index in [9.17, 15) is 0 Å². The molecule has 0 amide bonds. The van der Waals surface area contributed by atoms with Crippen LogP contribution in [-0.2, 0) is 25.7 Å². The fourth-order valence-electron chi connectivity index (χ4n) is 8.41. The summed E-state index contributed by atoms with van der Waals surface area (Å²) in [7, 11) is 0. The number of aryl methyl sites for hydroxylation is 2. The molecular weight excluding hydrogens is 548 g/mol. The topological polar surface area (TPSA) is 35.0 Å². The third-order valence-electron chi connectivity index (χ3n) is 11.2. The van der Waals surface area contributed by atoms with Crippen LogP contribution in [0.4, 0.5) is 0 Å². The molecule has 252 valence electrons. The van der Waals surface area contributed by atoms with Gasteiger partial charge in [0.05, 0.1) is 12.4 Å². The van der Waals surface area contributed by atoms with Crippen LogP contribution in [0.5, 0.6) is 11.5 Å². The van der Waals surface area contributed by atoms with E-state index in [4.69, 9.17) is 14.7 Å². The minimum atomic E-state index is 0.789. The lowest BCUT2D eigenvalue weighted by atomic mass is 9.77. The van der Waals surface area contributed by atoms with Crippen molar-refractivity contribution >= 4 is 0 Å². The van der Waals surface area contributed by atoms with Gasteiger partial charge < -0.3 is 4.74 Å². The Morgan fingerprint density at radius 3 is 1.29 bits per heavy atom. The fraction of sp³-hybridized carbons (Fsp3) is 0.762. The van der Waals surface area contributed by atoms with E-state index in [0.29, 0.717) is 0 Å². The van der Waals surface area contributed by atoms with E-state index in [1.54, 1.807) is 0 Å². The zero-order valence-corrected chi connectivity index (χ0v) is 29.9. The van der Waals surface area contributed by atoms with Gasteiger partial charge in [0.25, 0.3) is 0 Å². The van der Waals surface area contributed by atoms with E-state index < -0.39 is 0 Å². The number of pyridine rings is 2. The standard InChI is InChI=1S/C42H68N2O/c1-5-9-11-13-17-41-37(27-35-23-19-33(15-7-3)20-24-35)29-39(31-43-41)45-40-30-38(42(44-32-40)18-14-12-10-6-2)28-36-25-21-34(16-8-4)22-26-36/h29-36H,5-28H2,1-4H3. The van der Waals surface area contributed by atoms with E-state index in [1.165, 1.54) is 151 Å². The highest BCUT2D eigenvalue weighted by atomic mass is 16.5. The molecule has 2 saturated carbocycles. The van der Waals surface area contributed by atoms with Crippen LogP contribution in [0.2, 0.25) is 0 Å². The molecule has 2 aromatic rings. The van der Waals surface area contributed by atoms with Crippen molar-refractivity contribution in [2.45, 2.75) is 182 Å². The Morgan fingerprint density at radius 1 is 0.511 bits per heavy atom. The van der Waals surface area contributed by atoms with Crippen LogP contribution in [0, 0.1) is 23.7 Å². The highest BCUT2D eigenvalue weighted by Crippen LogP contribution is 2.37. The molecule has 0 atom stereocenters. The van der Waals surface area contributed by atoms with Crippen LogP contribution in [0.3, 0.4) is 0 Å². The Hall–Kier alpha value is -1.90. The largest absolute Gasteiger partial charge is 0.454 e. The number of unbranched alkanes of at least 4 members (excludes halogenated alkanes) is 6. The third-order valence-corrected chi connectivity index (χ3v) is 11.2. The molecule has 0 bridgehead atoms.